The number of primary amides is 1. The van der Waals surface area contributed by atoms with Crippen molar-refractivity contribution < 1.29 is 17.4 Å². The van der Waals surface area contributed by atoms with Gasteiger partial charge in [-0.3, -0.25) is 4.79 Å². The van der Waals surface area contributed by atoms with E-state index in [2.05, 4.69) is 23.8 Å². The van der Waals surface area contributed by atoms with Gasteiger partial charge in [-0.1, -0.05) is 0 Å². The number of fused-ring (bicyclic) bond motifs is 1. The van der Waals surface area contributed by atoms with Crippen LogP contribution < -0.4 is 20.9 Å². The zero-order valence-electron chi connectivity index (χ0n) is 13.8. The van der Waals surface area contributed by atoms with E-state index >= 15 is 0 Å². The van der Waals surface area contributed by atoms with Crippen LogP contribution in [0.4, 0.5) is 10.5 Å². The highest BCUT2D eigenvalue weighted by Gasteiger charge is 2.23. The van der Waals surface area contributed by atoms with E-state index in [0.717, 1.165) is 37.0 Å². The van der Waals surface area contributed by atoms with E-state index in [1.807, 2.05) is 6.07 Å². The number of piperidine rings is 1. The van der Waals surface area contributed by atoms with Gasteiger partial charge in [0, 0.05) is 43.0 Å². The van der Waals surface area contributed by atoms with Gasteiger partial charge in [0.25, 0.3) is 0 Å². The van der Waals surface area contributed by atoms with E-state index in [0.29, 0.717) is 5.65 Å². The van der Waals surface area contributed by atoms with Gasteiger partial charge < -0.3 is 19.8 Å². The molecule has 26 heavy (non-hydrogen) atoms. The summed E-state index contributed by atoms with van der Waals surface area (Å²) in [5.41, 5.74) is 6.02. The highest BCUT2D eigenvalue weighted by Crippen LogP contribution is 2.27. The molecule has 10 nitrogen and oxygen atoms in total. The monoisotopic (exact) mass is 381 g/mol. The lowest BCUT2D eigenvalue weighted by molar-refractivity contribution is 0.211. The number of H-pyrrole nitrogens is 1. The number of carbonyl (C=O) groups excluding carboxylic acids is 1. The molecule has 140 valence electrons. The molecule has 0 saturated carbocycles. The number of nitrogens with two attached hydrogens (primary N) is 1. The van der Waals surface area contributed by atoms with Gasteiger partial charge in [0.05, 0.1) is 0 Å². The lowest BCUT2D eigenvalue weighted by atomic mass is 9.96. The Balaban J connectivity index is 1.62. The molecule has 0 bridgehead atoms. The Hall–Kier alpha value is -2.66. The molecular formula is C15H19N5O5S. The van der Waals surface area contributed by atoms with Crippen molar-refractivity contribution in [2.24, 2.45) is 11.7 Å². The van der Waals surface area contributed by atoms with Crippen molar-refractivity contribution in [3.05, 3.63) is 34.7 Å². The van der Waals surface area contributed by atoms with Crippen LogP contribution in [0.1, 0.15) is 12.8 Å². The van der Waals surface area contributed by atoms with Gasteiger partial charge in [-0.15, -0.1) is 0 Å². The number of rotatable bonds is 5. The molecule has 3 heterocycles. The average molecular weight is 381 g/mol. The van der Waals surface area contributed by atoms with E-state index < -0.39 is 16.4 Å². The molecule has 11 heteroatoms. The van der Waals surface area contributed by atoms with Crippen LogP contribution in [0.2, 0.25) is 0 Å². The lowest BCUT2D eigenvalue weighted by Gasteiger charge is -2.34. The van der Waals surface area contributed by atoms with Crippen molar-refractivity contribution in [2.45, 2.75) is 12.8 Å². The highest BCUT2D eigenvalue weighted by molar-refractivity contribution is 7.85. The molecule has 1 aliphatic heterocycles. The average Bonchev–Trinajstić information content (AvgIpc) is 2.59. The Morgan fingerprint density at radius 1 is 1.35 bits per heavy atom. The summed E-state index contributed by atoms with van der Waals surface area (Å²) in [5, 5.41) is 0.862. The Morgan fingerprint density at radius 2 is 2.08 bits per heavy atom. The topological polar surface area (TPSA) is 147 Å². The van der Waals surface area contributed by atoms with Crippen LogP contribution in [0, 0.1) is 5.92 Å². The van der Waals surface area contributed by atoms with Crippen LogP contribution in [0.15, 0.2) is 29.2 Å². The standard InChI is InChI=1S/C15H19N5O5S/c16-15(22)25-26(23,24)18-9-10-4-7-20(8-5-10)12-3-6-17-14-11(12)1-2-13(21)19-14/h1-3,6,10,18H,4-5,7-9H2,(H2,16,22)(H,17,19,21). The van der Waals surface area contributed by atoms with Crippen LogP contribution in [-0.4, -0.2) is 44.1 Å². The molecule has 2 aromatic rings. The first kappa shape index (κ1) is 18.1. The molecule has 4 N–H and O–H groups in total. The van der Waals surface area contributed by atoms with Crippen molar-refractivity contribution in [3.63, 3.8) is 0 Å². The third-order valence-electron chi connectivity index (χ3n) is 4.31. The molecule has 1 saturated heterocycles. The van der Waals surface area contributed by atoms with Crippen LogP contribution >= 0.6 is 0 Å². The van der Waals surface area contributed by atoms with Gasteiger partial charge >= 0.3 is 16.4 Å². The number of nitrogens with zero attached hydrogens (tertiary/aromatic N) is 2. The second-order valence-corrected chi connectivity index (χ2v) is 7.41. The second-order valence-electron chi connectivity index (χ2n) is 6.05. The molecule has 0 radical (unpaired) electrons. The summed E-state index contributed by atoms with van der Waals surface area (Å²) in [6, 6.07) is 5.11. The minimum atomic E-state index is -4.16. The first-order valence-corrected chi connectivity index (χ1v) is 9.46. The quantitative estimate of drug-likeness (QED) is 0.664. The molecule has 0 aliphatic carbocycles. The molecule has 1 amide bonds. The molecule has 1 fully saturated rings. The van der Waals surface area contributed by atoms with Gasteiger partial charge in [0.15, 0.2) is 0 Å². The fourth-order valence-electron chi connectivity index (χ4n) is 3.06. The Bertz CT molecular complexity index is 966. The van der Waals surface area contributed by atoms with Crippen LogP contribution in [-0.2, 0) is 14.5 Å². The number of pyridine rings is 2. The normalized spacial score (nSPS) is 15.9. The van der Waals surface area contributed by atoms with Gasteiger partial charge in [0.2, 0.25) is 5.56 Å². The molecule has 2 aromatic heterocycles. The first-order valence-electron chi connectivity index (χ1n) is 8.05. The summed E-state index contributed by atoms with van der Waals surface area (Å²) in [5.74, 6) is 0.116. The summed E-state index contributed by atoms with van der Waals surface area (Å²) < 4.78 is 29.2. The molecule has 3 rings (SSSR count). The minimum Gasteiger partial charge on any atom is -0.371 e. The van der Waals surface area contributed by atoms with Gasteiger partial charge in [0.1, 0.15) is 5.65 Å². The van der Waals surface area contributed by atoms with Crippen molar-refractivity contribution in [1.29, 1.82) is 0 Å². The number of anilines is 1. The SMILES string of the molecule is NC(=O)OS(=O)(=O)NCC1CCN(c2ccnc3[nH]c(=O)ccc23)CC1. The molecule has 0 spiro atoms. The van der Waals surface area contributed by atoms with Crippen LogP contribution in [0.25, 0.3) is 11.0 Å². The summed E-state index contributed by atoms with van der Waals surface area (Å²) in [6.07, 6.45) is 1.79. The Labute approximate surface area is 149 Å². The predicted octanol–water partition coefficient (Wildman–Crippen LogP) is 0.0692. The van der Waals surface area contributed by atoms with E-state index in [1.165, 1.54) is 6.07 Å². The third-order valence-corrected chi connectivity index (χ3v) is 5.21. The number of hydrogen-bond acceptors (Lipinski definition) is 7. The van der Waals surface area contributed by atoms with Crippen molar-refractivity contribution in [1.82, 2.24) is 14.7 Å². The molecule has 1 aliphatic rings. The summed E-state index contributed by atoms with van der Waals surface area (Å²) in [6.45, 7) is 1.62. The minimum absolute atomic E-state index is 0.116. The van der Waals surface area contributed by atoms with E-state index in [4.69, 9.17) is 5.73 Å². The van der Waals surface area contributed by atoms with Gasteiger partial charge in [-0.05, 0) is 30.9 Å². The number of amides is 1. The first-order chi connectivity index (χ1) is 12.3. The number of hydrogen-bond donors (Lipinski definition) is 3. The van der Waals surface area contributed by atoms with Crippen molar-refractivity contribution in [3.8, 4) is 0 Å². The number of carbonyl (C=O) groups is 1. The van der Waals surface area contributed by atoms with E-state index in [-0.39, 0.29) is 18.0 Å². The zero-order chi connectivity index (χ0) is 18.7. The van der Waals surface area contributed by atoms with E-state index in [9.17, 15) is 18.0 Å². The van der Waals surface area contributed by atoms with Gasteiger partial charge in [-0.25, -0.2) is 9.78 Å². The van der Waals surface area contributed by atoms with E-state index in [1.54, 1.807) is 12.3 Å². The second kappa shape index (κ2) is 7.30. The Morgan fingerprint density at radius 3 is 2.77 bits per heavy atom. The molecular weight excluding hydrogens is 362 g/mol. The maximum Gasteiger partial charge on any atom is 0.421 e. The summed E-state index contributed by atoms with van der Waals surface area (Å²) >= 11 is 0. The molecule has 0 aromatic carbocycles. The van der Waals surface area contributed by atoms with Crippen LogP contribution in [0.5, 0.6) is 0 Å². The predicted molar refractivity (Wildman–Crippen MR) is 94.9 cm³/mol. The number of aromatic nitrogens is 2. The fourth-order valence-corrected chi connectivity index (χ4v) is 3.77. The maximum atomic E-state index is 11.5. The largest absolute Gasteiger partial charge is 0.421 e. The summed E-state index contributed by atoms with van der Waals surface area (Å²) in [7, 11) is -4.16. The Kier molecular flexibility index (Phi) is 5.09. The third kappa shape index (κ3) is 4.29. The zero-order valence-corrected chi connectivity index (χ0v) is 14.7. The van der Waals surface area contributed by atoms with Crippen molar-refractivity contribution >= 4 is 33.1 Å². The number of nitrogens with one attached hydrogen (secondary N) is 2. The number of aromatic amines is 1. The van der Waals surface area contributed by atoms with Crippen molar-refractivity contribution in [2.75, 3.05) is 24.5 Å². The summed E-state index contributed by atoms with van der Waals surface area (Å²) in [4.78, 5) is 31.0. The molecule has 0 atom stereocenters. The smallest absolute Gasteiger partial charge is 0.371 e. The maximum absolute atomic E-state index is 11.5. The highest BCUT2D eigenvalue weighted by atomic mass is 32.2. The van der Waals surface area contributed by atoms with Gasteiger partial charge in [-0.2, -0.15) is 13.1 Å². The van der Waals surface area contributed by atoms with Crippen LogP contribution in [0.3, 0.4) is 0 Å². The fraction of sp³-hybridized carbons (Fsp3) is 0.400. The lowest BCUT2D eigenvalue weighted by Crippen LogP contribution is -2.40. The molecule has 0 unspecified atom stereocenters.